The fraction of sp³-hybridized carbons (Fsp3) is 0.367. The highest BCUT2D eigenvalue weighted by Crippen LogP contribution is 2.54. The molecule has 0 N–H and O–H groups in total. The first-order valence-corrected chi connectivity index (χ1v) is 24.0. The maximum absolute atomic E-state index is 7.36. The lowest BCUT2D eigenvalue weighted by molar-refractivity contribution is 0.332. The van der Waals surface area contributed by atoms with Gasteiger partial charge < -0.3 is 14.2 Å². The lowest BCUT2D eigenvalue weighted by Gasteiger charge is -2.46. The summed E-state index contributed by atoms with van der Waals surface area (Å²) in [5.74, 6) is 0. The van der Waals surface area contributed by atoms with Crippen LogP contribution in [-0.4, -0.2) is 6.71 Å². The second kappa shape index (κ2) is 13.5. The minimum atomic E-state index is -0.102. The van der Waals surface area contributed by atoms with Crippen LogP contribution in [0.2, 0.25) is 0 Å². The molecule has 0 amide bonds. The highest BCUT2D eigenvalue weighted by molar-refractivity contribution is 7.00. The molecule has 0 saturated carbocycles. The summed E-state index contributed by atoms with van der Waals surface area (Å²) >= 11 is 0. The van der Waals surface area contributed by atoms with Gasteiger partial charge in [0.25, 0.3) is 6.71 Å². The van der Waals surface area contributed by atoms with E-state index in [1.807, 2.05) is 0 Å². The zero-order valence-corrected chi connectivity index (χ0v) is 40.6. The molecule has 0 unspecified atom stereocenters. The molecule has 0 bridgehead atoms. The van der Waals surface area contributed by atoms with E-state index in [-0.39, 0.29) is 33.8 Å². The van der Waals surface area contributed by atoms with E-state index in [1.54, 1.807) is 0 Å². The fourth-order valence-electron chi connectivity index (χ4n) is 12.1. The lowest BCUT2D eigenvalue weighted by Crippen LogP contribution is -2.61. The van der Waals surface area contributed by atoms with Gasteiger partial charge in [0.1, 0.15) is 5.58 Å². The van der Waals surface area contributed by atoms with Crippen LogP contribution in [0.4, 0.5) is 34.1 Å². The summed E-state index contributed by atoms with van der Waals surface area (Å²) in [6.07, 6.45) is 4.68. The first kappa shape index (κ1) is 41.2. The summed E-state index contributed by atoms with van der Waals surface area (Å²) in [5.41, 5.74) is 24.3. The van der Waals surface area contributed by atoms with Crippen molar-refractivity contribution in [3.63, 3.8) is 0 Å². The Morgan fingerprint density at radius 3 is 1.78 bits per heavy atom. The maximum Gasteiger partial charge on any atom is 0.297 e. The second-order valence-electron chi connectivity index (χ2n) is 23.7. The number of hydrogen-bond acceptors (Lipinski definition) is 3. The van der Waals surface area contributed by atoms with Gasteiger partial charge in [-0.3, -0.25) is 0 Å². The van der Waals surface area contributed by atoms with Crippen molar-refractivity contribution in [3.8, 4) is 11.1 Å². The molecule has 0 saturated heterocycles. The molecule has 4 aliphatic rings. The van der Waals surface area contributed by atoms with Crippen molar-refractivity contribution in [1.82, 2.24) is 0 Å². The van der Waals surface area contributed by atoms with Gasteiger partial charge in [-0.15, -0.1) is 0 Å². The van der Waals surface area contributed by atoms with Crippen LogP contribution in [0.15, 0.2) is 114 Å². The average Bonchev–Trinajstić information content (AvgIpc) is 3.62. The van der Waals surface area contributed by atoms with Crippen molar-refractivity contribution in [2.45, 2.75) is 143 Å². The molecule has 7 aromatic rings. The molecule has 3 nitrogen and oxygen atoms in total. The number of anilines is 6. The molecule has 324 valence electrons. The first-order valence-electron chi connectivity index (χ1n) is 24.0. The first-order chi connectivity index (χ1) is 30.1. The van der Waals surface area contributed by atoms with Crippen LogP contribution >= 0.6 is 0 Å². The van der Waals surface area contributed by atoms with Crippen molar-refractivity contribution < 1.29 is 4.42 Å². The van der Waals surface area contributed by atoms with Crippen molar-refractivity contribution in [2.24, 2.45) is 0 Å². The summed E-state index contributed by atoms with van der Waals surface area (Å²) in [6.45, 7) is 31.0. The number of aryl methyl sites for hydroxylation is 2. The quantitative estimate of drug-likeness (QED) is 0.165. The lowest BCUT2D eigenvalue weighted by atomic mass is 9.35. The number of rotatable bonds is 3. The van der Waals surface area contributed by atoms with Gasteiger partial charge in [-0.05, 0) is 177 Å². The standard InChI is InChI=1S/C60H65BN2O/c1-36-19-23-47-49(29-36)63(48-35-46-45(59(10,11)27-28-60(46,12)13)34-41(48)38-17-15-14-16-18-38)51-31-37(2)30-50-53(51)61(47)55-54(42-32-39(56(3,4)5)20-24-52(42)64-55)62(50)40-21-22-43-44(33-40)58(8,9)26-25-57(43,6)7/h14-24,29-35H,25-28H2,1-13H3. The molecule has 0 atom stereocenters. The summed E-state index contributed by atoms with van der Waals surface area (Å²) in [7, 11) is 0. The molecule has 2 aliphatic heterocycles. The minimum absolute atomic E-state index is 0.0223. The van der Waals surface area contributed by atoms with E-state index >= 15 is 0 Å². The summed E-state index contributed by atoms with van der Waals surface area (Å²) in [5, 5.41) is 1.18. The molecule has 4 heteroatoms. The predicted molar refractivity (Wildman–Crippen MR) is 274 cm³/mol. The second-order valence-corrected chi connectivity index (χ2v) is 23.7. The Labute approximate surface area is 383 Å². The van der Waals surface area contributed by atoms with Crippen LogP contribution < -0.4 is 26.4 Å². The van der Waals surface area contributed by atoms with E-state index in [0.717, 1.165) is 24.1 Å². The average molecular weight is 841 g/mol. The van der Waals surface area contributed by atoms with Crippen LogP contribution in [0.25, 0.3) is 22.1 Å². The smallest absolute Gasteiger partial charge is 0.297 e. The van der Waals surface area contributed by atoms with Crippen LogP contribution in [0.3, 0.4) is 0 Å². The number of hydrogen-bond donors (Lipinski definition) is 0. The van der Waals surface area contributed by atoms with Crippen molar-refractivity contribution in [2.75, 3.05) is 9.80 Å². The summed E-state index contributed by atoms with van der Waals surface area (Å²) in [4.78, 5) is 5.24. The van der Waals surface area contributed by atoms with Crippen LogP contribution in [-0.2, 0) is 27.1 Å². The van der Waals surface area contributed by atoms with Crippen LogP contribution in [0.1, 0.15) is 141 Å². The molecule has 0 radical (unpaired) electrons. The molecule has 11 rings (SSSR count). The third-order valence-corrected chi connectivity index (χ3v) is 16.2. The van der Waals surface area contributed by atoms with Gasteiger partial charge in [0.05, 0.1) is 17.0 Å². The van der Waals surface area contributed by atoms with Crippen LogP contribution in [0, 0.1) is 13.8 Å². The van der Waals surface area contributed by atoms with Crippen LogP contribution in [0.5, 0.6) is 0 Å². The Bertz CT molecular complexity index is 3080. The largest absolute Gasteiger partial charge is 0.468 e. The van der Waals surface area contributed by atoms with Gasteiger partial charge in [-0.25, -0.2) is 0 Å². The van der Waals surface area contributed by atoms with Gasteiger partial charge >= 0.3 is 0 Å². The van der Waals surface area contributed by atoms with E-state index in [0.29, 0.717) is 0 Å². The summed E-state index contributed by atoms with van der Waals surface area (Å²) in [6, 6.07) is 42.7. The minimum Gasteiger partial charge on any atom is -0.468 e. The van der Waals surface area contributed by atoms with Gasteiger partial charge in [0.15, 0.2) is 0 Å². The monoisotopic (exact) mass is 841 g/mol. The van der Waals surface area contributed by atoms with Gasteiger partial charge in [-0.2, -0.15) is 0 Å². The van der Waals surface area contributed by atoms with Crippen molar-refractivity contribution >= 4 is 68.4 Å². The SMILES string of the molecule is Cc1ccc2c(c1)N(c1cc3c(cc1-c1ccccc1)C(C)(C)CCC3(C)C)c1cc(C)cc3c1B2c1oc2ccc(C(C)(C)C)cc2c1N3c1ccc2c(c1)C(C)(C)CCC2(C)C. The van der Waals surface area contributed by atoms with E-state index in [1.165, 1.54) is 113 Å². The number of fused-ring (bicyclic) bond motifs is 8. The van der Waals surface area contributed by atoms with Gasteiger partial charge in [-0.1, -0.05) is 131 Å². The molecular formula is C60H65BN2O. The molecule has 1 aromatic heterocycles. The van der Waals surface area contributed by atoms with E-state index < -0.39 is 0 Å². The number of furan rings is 1. The normalized spacial score (nSPS) is 18.5. The molecule has 2 aliphatic carbocycles. The Morgan fingerprint density at radius 1 is 0.531 bits per heavy atom. The number of benzene rings is 6. The Balaban J connectivity index is 1.26. The third-order valence-electron chi connectivity index (χ3n) is 16.2. The Hall–Kier alpha value is -5.48. The number of nitrogens with zero attached hydrogens (tertiary/aromatic N) is 2. The highest BCUT2D eigenvalue weighted by Gasteiger charge is 2.48. The predicted octanol–water partition coefficient (Wildman–Crippen LogP) is 14.8. The molecule has 3 heterocycles. The highest BCUT2D eigenvalue weighted by atomic mass is 16.3. The molecule has 64 heavy (non-hydrogen) atoms. The van der Waals surface area contributed by atoms with Crippen molar-refractivity contribution in [1.29, 1.82) is 0 Å². The van der Waals surface area contributed by atoms with E-state index in [2.05, 4.69) is 209 Å². The van der Waals surface area contributed by atoms with Crippen molar-refractivity contribution in [3.05, 3.63) is 148 Å². The van der Waals surface area contributed by atoms with E-state index in [4.69, 9.17) is 4.42 Å². The Morgan fingerprint density at radius 2 is 1.12 bits per heavy atom. The zero-order valence-electron chi connectivity index (χ0n) is 40.6. The molecule has 0 spiro atoms. The molecule has 0 fully saturated rings. The van der Waals surface area contributed by atoms with Gasteiger partial charge in [0, 0.05) is 33.7 Å². The zero-order chi connectivity index (χ0) is 45.0. The van der Waals surface area contributed by atoms with Gasteiger partial charge in [0.2, 0.25) is 0 Å². The third kappa shape index (κ3) is 6.06. The topological polar surface area (TPSA) is 19.6 Å². The molecule has 6 aromatic carbocycles. The fourth-order valence-corrected chi connectivity index (χ4v) is 12.1. The molecular weight excluding hydrogens is 775 g/mol. The maximum atomic E-state index is 7.36. The van der Waals surface area contributed by atoms with E-state index in [9.17, 15) is 0 Å². The Kier molecular flexibility index (Phi) is 8.72. The summed E-state index contributed by atoms with van der Waals surface area (Å²) < 4.78 is 7.36.